The summed E-state index contributed by atoms with van der Waals surface area (Å²) in [5.74, 6) is -1.66. The van der Waals surface area contributed by atoms with E-state index in [9.17, 15) is 19.1 Å². The van der Waals surface area contributed by atoms with Gasteiger partial charge in [-0.1, -0.05) is 19.4 Å². The highest BCUT2D eigenvalue weighted by molar-refractivity contribution is 5.91. The van der Waals surface area contributed by atoms with Crippen molar-refractivity contribution < 1.29 is 33.0 Å². The van der Waals surface area contributed by atoms with Crippen LogP contribution >= 0.6 is 0 Å². The molecule has 3 N–H and O–H groups in total. The van der Waals surface area contributed by atoms with Crippen molar-refractivity contribution in [1.82, 2.24) is 9.78 Å². The zero-order valence-electron chi connectivity index (χ0n) is 24.3. The Balaban J connectivity index is 1.23. The Morgan fingerprint density at radius 1 is 1.21 bits per heavy atom. The second kappa shape index (κ2) is 9.89. The SMILES string of the molecule is C[C@]12Cc3cnn(-c4ccc(F)cc4)c3C=C1CC[C@@H]1C2[C@@H](O)C[C@@]2(C)C1CC[C@]2(OC(=O)c1ccco1)C(=O)OCN. The zero-order valence-corrected chi connectivity index (χ0v) is 24.3. The lowest BCUT2D eigenvalue weighted by Gasteiger charge is -2.60. The smallest absolute Gasteiger partial charge is 0.375 e. The lowest BCUT2D eigenvalue weighted by atomic mass is 9.45. The Morgan fingerprint density at radius 2 is 2.00 bits per heavy atom. The molecule has 0 saturated heterocycles. The summed E-state index contributed by atoms with van der Waals surface area (Å²) in [7, 11) is 0. The molecular formula is C33H36FN3O6. The van der Waals surface area contributed by atoms with E-state index in [0.717, 1.165) is 29.8 Å². The fraction of sp³-hybridized carbons (Fsp3) is 0.485. The first-order chi connectivity index (χ1) is 20.6. The largest absolute Gasteiger partial charge is 0.457 e. The molecule has 2 unspecified atom stereocenters. The molecule has 1 aromatic carbocycles. The summed E-state index contributed by atoms with van der Waals surface area (Å²) in [6.07, 6.45) is 8.28. The Hall–Kier alpha value is -3.76. The standard InChI is InChI=1S/C33H36FN3O6/c1-31-15-19-17-36-37(22-8-6-21(34)7-9-22)25(19)14-20(31)5-10-23-24-11-12-33(30(40)42-18-35,32(24,2)16-26(38)28(23)31)43-29(39)27-4-3-13-41-27/h3-4,6-9,13-14,17,23-24,26,28,38H,5,10-12,15-16,18,35H2,1-2H3/t23-,24?,26-,28?,31-,32-,33-/m0/s1. The highest BCUT2D eigenvalue weighted by Crippen LogP contribution is 2.68. The minimum atomic E-state index is -1.60. The zero-order chi connectivity index (χ0) is 30.1. The van der Waals surface area contributed by atoms with Gasteiger partial charge >= 0.3 is 11.9 Å². The number of ether oxygens (including phenoxy) is 2. The number of nitrogens with zero attached hydrogens (tertiary/aromatic N) is 2. The van der Waals surface area contributed by atoms with Crippen LogP contribution in [0.25, 0.3) is 11.8 Å². The minimum Gasteiger partial charge on any atom is -0.457 e. The first-order valence-electron chi connectivity index (χ1n) is 15.0. The Bertz CT molecular complexity index is 1600. The fourth-order valence-corrected chi connectivity index (χ4v) is 9.30. The third-order valence-electron chi connectivity index (χ3n) is 11.1. The third kappa shape index (κ3) is 3.99. The van der Waals surface area contributed by atoms with Gasteiger partial charge in [0.2, 0.25) is 11.4 Å². The number of halogens is 1. The van der Waals surface area contributed by atoms with E-state index in [1.165, 1.54) is 30.0 Å². The Kier molecular flexibility index (Phi) is 6.45. The van der Waals surface area contributed by atoms with Crippen molar-refractivity contribution in [3.8, 4) is 5.69 Å². The number of rotatable bonds is 5. The van der Waals surface area contributed by atoms with E-state index in [1.807, 2.05) is 17.8 Å². The number of benzene rings is 1. The molecule has 0 radical (unpaired) electrons. The van der Waals surface area contributed by atoms with Crippen LogP contribution in [0.4, 0.5) is 4.39 Å². The average molecular weight is 590 g/mol. The molecule has 3 saturated carbocycles. The van der Waals surface area contributed by atoms with E-state index in [-0.39, 0.29) is 54.3 Å². The molecule has 10 heteroatoms. The quantitative estimate of drug-likeness (QED) is 0.320. The normalized spacial score (nSPS) is 34.3. The van der Waals surface area contributed by atoms with E-state index >= 15 is 0 Å². The maximum Gasteiger partial charge on any atom is 0.375 e. The molecule has 226 valence electrons. The molecule has 4 aliphatic carbocycles. The predicted molar refractivity (Wildman–Crippen MR) is 153 cm³/mol. The molecule has 3 aromatic rings. The molecule has 0 spiro atoms. The second-order valence-corrected chi connectivity index (χ2v) is 13.1. The van der Waals surface area contributed by atoms with Crippen LogP contribution in [0.3, 0.4) is 0 Å². The molecule has 0 bridgehead atoms. The van der Waals surface area contributed by atoms with Crippen LogP contribution in [0.5, 0.6) is 0 Å². The van der Waals surface area contributed by atoms with Crippen molar-refractivity contribution in [3.05, 3.63) is 77.3 Å². The van der Waals surface area contributed by atoms with Crippen molar-refractivity contribution in [3.63, 3.8) is 0 Å². The first-order valence-corrected chi connectivity index (χ1v) is 15.0. The molecule has 0 aliphatic heterocycles. The van der Waals surface area contributed by atoms with Crippen LogP contribution < -0.4 is 5.73 Å². The molecule has 3 fully saturated rings. The summed E-state index contributed by atoms with van der Waals surface area (Å²) in [6, 6.07) is 9.39. The summed E-state index contributed by atoms with van der Waals surface area (Å²) >= 11 is 0. The van der Waals surface area contributed by atoms with Crippen LogP contribution in [-0.2, 0) is 20.7 Å². The van der Waals surface area contributed by atoms with E-state index in [2.05, 4.69) is 18.1 Å². The number of allylic oxidation sites excluding steroid dienone is 1. The molecule has 7 atom stereocenters. The molecule has 7 rings (SSSR count). The topological polar surface area (TPSA) is 130 Å². The van der Waals surface area contributed by atoms with Crippen LogP contribution in [0.15, 0.2) is 58.8 Å². The van der Waals surface area contributed by atoms with Crippen molar-refractivity contribution in [2.45, 2.75) is 64.1 Å². The molecule has 0 amide bonds. The minimum absolute atomic E-state index is 0.000331. The number of furan rings is 1. The molecule has 2 aromatic heterocycles. The van der Waals surface area contributed by atoms with Crippen LogP contribution in [0.1, 0.15) is 67.8 Å². The van der Waals surface area contributed by atoms with Gasteiger partial charge in [-0.05, 0) is 110 Å². The van der Waals surface area contributed by atoms with E-state index in [4.69, 9.17) is 19.6 Å². The van der Waals surface area contributed by atoms with E-state index in [0.29, 0.717) is 12.8 Å². The number of esters is 2. The van der Waals surface area contributed by atoms with E-state index < -0.39 is 29.1 Å². The van der Waals surface area contributed by atoms with Gasteiger partial charge in [0.25, 0.3) is 0 Å². The Labute approximate surface area is 248 Å². The molecule has 2 heterocycles. The van der Waals surface area contributed by atoms with Gasteiger partial charge in [0.05, 0.1) is 29.9 Å². The lowest BCUT2D eigenvalue weighted by Crippen LogP contribution is -2.63. The van der Waals surface area contributed by atoms with Crippen LogP contribution in [0, 0.1) is 34.4 Å². The van der Waals surface area contributed by atoms with Gasteiger partial charge in [0.1, 0.15) is 12.5 Å². The molecule has 9 nitrogen and oxygen atoms in total. The van der Waals surface area contributed by atoms with Crippen LogP contribution in [-0.4, -0.2) is 45.3 Å². The number of aliphatic hydroxyl groups excluding tert-OH is 1. The Morgan fingerprint density at radius 3 is 2.72 bits per heavy atom. The van der Waals surface area contributed by atoms with Gasteiger partial charge in [-0.2, -0.15) is 5.10 Å². The monoisotopic (exact) mass is 589 g/mol. The van der Waals surface area contributed by atoms with Crippen molar-refractivity contribution in [2.24, 2.45) is 34.3 Å². The van der Waals surface area contributed by atoms with Crippen molar-refractivity contribution >= 4 is 18.0 Å². The number of carbonyl (C=O) groups excluding carboxylic acids is 2. The lowest BCUT2D eigenvalue weighted by molar-refractivity contribution is -0.199. The number of aromatic nitrogens is 2. The number of aliphatic hydroxyl groups is 1. The number of fused-ring (bicyclic) bond motifs is 6. The van der Waals surface area contributed by atoms with E-state index in [1.54, 1.807) is 18.2 Å². The van der Waals surface area contributed by atoms with Gasteiger partial charge in [0.15, 0.2) is 0 Å². The summed E-state index contributed by atoms with van der Waals surface area (Å²) in [5.41, 5.74) is 6.96. The van der Waals surface area contributed by atoms with Gasteiger partial charge in [0, 0.05) is 5.41 Å². The molecule has 43 heavy (non-hydrogen) atoms. The fourth-order valence-electron chi connectivity index (χ4n) is 9.30. The molecular weight excluding hydrogens is 553 g/mol. The predicted octanol–water partition coefficient (Wildman–Crippen LogP) is 4.81. The van der Waals surface area contributed by atoms with Crippen LogP contribution in [0.2, 0.25) is 0 Å². The third-order valence-corrected chi connectivity index (χ3v) is 11.1. The van der Waals surface area contributed by atoms with Gasteiger partial charge in [-0.3, -0.25) is 5.73 Å². The summed E-state index contributed by atoms with van der Waals surface area (Å²) in [6.45, 7) is 3.85. The van der Waals surface area contributed by atoms with Gasteiger partial charge < -0.3 is 19.0 Å². The summed E-state index contributed by atoms with van der Waals surface area (Å²) < 4.78 is 32.1. The number of nitrogens with two attached hydrogens (primary N) is 1. The second-order valence-electron chi connectivity index (χ2n) is 13.1. The molecule has 4 aliphatic rings. The summed E-state index contributed by atoms with van der Waals surface area (Å²) in [5, 5.41) is 16.7. The number of carbonyl (C=O) groups is 2. The number of hydrogen-bond donors (Lipinski definition) is 2. The number of hydrogen-bond acceptors (Lipinski definition) is 8. The van der Waals surface area contributed by atoms with Gasteiger partial charge in [-0.25, -0.2) is 18.7 Å². The van der Waals surface area contributed by atoms with Crippen molar-refractivity contribution in [1.29, 1.82) is 0 Å². The highest BCUT2D eigenvalue weighted by Gasteiger charge is 2.71. The summed E-state index contributed by atoms with van der Waals surface area (Å²) in [4.78, 5) is 26.8. The van der Waals surface area contributed by atoms with Gasteiger partial charge in [-0.15, -0.1) is 0 Å². The van der Waals surface area contributed by atoms with Crippen molar-refractivity contribution in [2.75, 3.05) is 6.73 Å². The average Bonchev–Trinajstić information content (AvgIpc) is 3.71. The maximum absolute atomic E-state index is 13.6. The maximum atomic E-state index is 13.6. The first kappa shape index (κ1) is 28.0. The highest BCUT2D eigenvalue weighted by atomic mass is 19.1.